The monoisotopic (exact) mass is 431 g/mol. The Balaban J connectivity index is 1.37. The molecule has 158 valence electrons. The summed E-state index contributed by atoms with van der Waals surface area (Å²) in [4.78, 5) is 24.0. The lowest BCUT2D eigenvalue weighted by Crippen LogP contribution is -2.41. The van der Waals surface area contributed by atoms with Gasteiger partial charge in [0.15, 0.2) is 0 Å². The van der Waals surface area contributed by atoms with Crippen molar-refractivity contribution < 1.29 is 4.79 Å². The SMILES string of the molecule is O=C(Cc1ccccn1)N1CCC(C2c3ccc(Cl)cc3CCc3cccnc32)CC1. The van der Waals surface area contributed by atoms with Crippen LogP contribution in [0.4, 0.5) is 0 Å². The number of carbonyl (C=O) groups is 1. The second-order valence-corrected chi connectivity index (χ2v) is 9.02. The largest absolute Gasteiger partial charge is 0.342 e. The van der Waals surface area contributed by atoms with Crippen molar-refractivity contribution in [2.75, 3.05) is 13.1 Å². The number of nitrogens with zero attached hydrogens (tertiary/aromatic N) is 3. The predicted octanol–water partition coefficient (Wildman–Crippen LogP) is 4.84. The van der Waals surface area contributed by atoms with Crippen LogP contribution in [0, 0.1) is 5.92 Å². The minimum absolute atomic E-state index is 0.170. The van der Waals surface area contributed by atoms with Crippen LogP contribution in [0.3, 0.4) is 0 Å². The van der Waals surface area contributed by atoms with E-state index in [1.165, 1.54) is 22.4 Å². The van der Waals surface area contributed by atoms with E-state index in [0.29, 0.717) is 12.3 Å². The fourth-order valence-electron chi connectivity index (χ4n) is 5.18. The molecule has 4 nitrogen and oxygen atoms in total. The summed E-state index contributed by atoms with van der Waals surface area (Å²) < 4.78 is 0. The van der Waals surface area contributed by atoms with Crippen molar-refractivity contribution in [2.24, 2.45) is 5.92 Å². The molecule has 0 bridgehead atoms. The number of halogens is 1. The maximum Gasteiger partial charge on any atom is 0.228 e. The Morgan fingerprint density at radius 1 is 0.968 bits per heavy atom. The molecule has 1 aliphatic heterocycles. The molecule has 1 saturated heterocycles. The van der Waals surface area contributed by atoms with E-state index in [1.54, 1.807) is 6.20 Å². The molecule has 3 heterocycles. The van der Waals surface area contributed by atoms with Gasteiger partial charge in [-0.2, -0.15) is 0 Å². The number of aromatic nitrogens is 2. The van der Waals surface area contributed by atoms with Crippen LogP contribution in [0.1, 0.15) is 46.8 Å². The zero-order valence-electron chi connectivity index (χ0n) is 17.5. The molecule has 1 amide bonds. The number of likely N-dealkylation sites (tertiary alicyclic amines) is 1. The fourth-order valence-corrected chi connectivity index (χ4v) is 5.38. The quantitative estimate of drug-likeness (QED) is 0.596. The molecule has 1 atom stereocenters. The highest BCUT2D eigenvalue weighted by Gasteiger charge is 2.34. The maximum absolute atomic E-state index is 12.8. The van der Waals surface area contributed by atoms with Crippen LogP contribution in [-0.4, -0.2) is 33.9 Å². The average Bonchev–Trinajstić information content (AvgIpc) is 2.96. The second kappa shape index (κ2) is 8.80. The summed E-state index contributed by atoms with van der Waals surface area (Å²) in [5.74, 6) is 0.897. The van der Waals surface area contributed by atoms with Crippen LogP contribution >= 0.6 is 11.6 Å². The van der Waals surface area contributed by atoms with E-state index in [1.807, 2.05) is 41.4 Å². The number of aryl methyl sites for hydroxylation is 2. The summed E-state index contributed by atoms with van der Waals surface area (Å²) in [5.41, 5.74) is 6.09. The van der Waals surface area contributed by atoms with E-state index in [2.05, 4.69) is 23.2 Å². The topological polar surface area (TPSA) is 46.1 Å². The van der Waals surface area contributed by atoms with Gasteiger partial charge in [-0.25, -0.2) is 0 Å². The molecule has 1 aliphatic carbocycles. The molecule has 1 fully saturated rings. The lowest BCUT2D eigenvalue weighted by atomic mass is 9.76. The van der Waals surface area contributed by atoms with Gasteiger partial charge in [-0.05, 0) is 78.6 Å². The summed E-state index contributed by atoms with van der Waals surface area (Å²) in [6.07, 6.45) is 7.99. The second-order valence-electron chi connectivity index (χ2n) is 8.58. The van der Waals surface area contributed by atoms with Crippen molar-refractivity contribution in [3.05, 3.63) is 94.0 Å². The van der Waals surface area contributed by atoms with Crippen molar-refractivity contribution in [3.8, 4) is 0 Å². The Kier molecular flexibility index (Phi) is 5.73. The van der Waals surface area contributed by atoms with Crippen molar-refractivity contribution >= 4 is 17.5 Å². The minimum Gasteiger partial charge on any atom is -0.342 e. The number of rotatable bonds is 3. The molecule has 0 radical (unpaired) electrons. The summed E-state index contributed by atoms with van der Waals surface area (Å²) in [5, 5.41) is 0.798. The third-order valence-corrected chi connectivity index (χ3v) is 6.98. The zero-order valence-corrected chi connectivity index (χ0v) is 18.3. The third-order valence-electron chi connectivity index (χ3n) is 6.75. The Morgan fingerprint density at radius 3 is 2.58 bits per heavy atom. The Hall–Kier alpha value is -2.72. The number of fused-ring (bicyclic) bond motifs is 2. The smallest absolute Gasteiger partial charge is 0.228 e. The molecular formula is C26H26ClN3O. The van der Waals surface area contributed by atoms with Crippen LogP contribution in [0.15, 0.2) is 60.9 Å². The van der Waals surface area contributed by atoms with E-state index in [9.17, 15) is 4.79 Å². The van der Waals surface area contributed by atoms with Crippen LogP contribution in [-0.2, 0) is 24.1 Å². The number of benzene rings is 1. The molecule has 31 heavy (non-hydrogen) atoms. The first-order valence-electron chi connectivity index (χ1n) is 11.1. The highest BCUT2D eigenvalue weighted by atomic mass is 35.5. The highest BCUT2D eigenvalue weighted by Crippen LogP contribution is 2.42. The number of hydrogen-bond donors (Lipinski definition) is 0. The summed E-state index contributed by atoms with van der Waals surface area (Å²) in [6.45, 7) is 1.58. The molecule has 5 heteroatoms. The number of piperidine rings is 1. The van der Waals surface area contributed by atoms with Crippen molar-refractivity contribution in [1.82, 2.24) is 14.9 Å². The predicted molar refractivity (Wildman–Crippen MR) is 122 cm³/mol. The molecule has 5 rings (SSSR count). The number of hydrogen-bond acceptors (Lipinski definition) is 3. The van der Waals surface area contributed by atoms with Gasteiger partial charge in [0.25, 0.3) is 0 Å². The molecule has 0 saturated carbocycles. The van der Waals surface area contributed by atoms with E-state index >= 15 is 0 Å². The van der Waals surface area contributed by atoms with E-state index in [-0.39, 0.29) is 11.8 Å². The van der Waals surface area contributed by atoms with Gasteiger partial charge >= 0.3 is 0 Å². The maximum atomic E-state index is 12.8. The van der Waals surface area contributed by atoms with E-state index < -0.39 is 0 Å². The van der Waals surface area contributed by atoms with Crippen LogP contribution in [0.25, 0.3) is 0 Å². The first-order valence-corrected chi connectivity index (χ1v) is 11.5. The third kappa shape index (κ3) is 4.22. The molecule has 2 aliphatic rings. The van der Waals surface area contributed by atoms with Crippen molar-refractivity contribution in [3.63, 3.8) is 0 Å². The normalized spacial score (nSPS) is 18.7. The minimum atomic E-state index is 0.170. The van der Waals surface area contributed by atoms with Gasteiger partial charge < -0.3 is 4.90 Å². The molecule has 0 N–H and O–H groups in total. The Morgan fingerprint density at radius 2 is 1.77 bits per heavy atom. The highest BCUT2D eigenvalue weighted by molar-refractivity contribution is 6.30. The van der Waals surface area contributed by atoms with Crippen LogP contribution < -0.4 is 0 Å². The average molecular weight is 432 g/mol. The standard InChI is InChI=1S/C26H26ClN3O/c27-21-8-9-23-20(16-21)7-6-19-4-3-13-29-26(19)25(23)18-10-14-30(15-11-18)24(31)17-22-5-1-2-12-28-22/h1-5,8-9,12-13,16,18,25H,6-7,10-11,14-15,17H2. The summed E-state index contributed by atoms with van der Waals surface area (Å²) >= 11 is 6.33. The Bertz CT molecular complexity index is 1080. The van der Waals surface area contributed by atoms with Gasteiger partial charge in [0.2, 0.25) is 5.91 Å². The van der Waals surface area contributed by atoms with E-state index in [4.69, 9.17) is 16.6 Å². The van der Waals surface area contributed by atoms with Gasteiger partial charge in [0.05, 0.1) is 12.1 Å². The zero-order chi connectivity index (χ0) is 21.2. The first kappa shape index (κ1) is 20.2. The molecule has 1 aromatic carbocycles. The Labute approximate surface area is 188 Å². The summed E-state index contributed by atoms with van der Waals surface area (Å²) in [6, 6.07) is 16.3. The van der Waals surface area contributed by atoms with Gasteiger partial charge in [-0.1, -0.05) is 29.8 Å². The number of carbonyl (C=O) groups excluding carboxylic acids is 1. The molecule has 3 aromatic rings. The summed E-state index contributed by atoms with van der Waals surface area (Å²) in [7, 11) is 0. The molecule has 0 spiro atoms. The van der Waals surface area contributed by atoms with Gasteiger partial charge in [0, 0.05) is 42.1 Å². The lowest BCUT2D eigenvalue weighted by Gasteiger charge is -2.36. The van der Waals surface area contributed by atoms with Crippen LogP contribution in [0.5, 0.6) is 0 Å². The number of pyridine rings is 2. The number of amides is 1. The van der Waals surface area contributed by atoms with Gasteiger partial charge in [0.1, 0.15) is 0 Å². The van der Waals surface area contributed by atoms with Gasteiger partial charge in [-0.15, -0.1) is 0 Å². The molecule has 2 aromatic heterocycles. The van der Waals surface area contributed by atoms with Gasteiger partial charge in [-0.3, -0.25) is 14.8 Å². The molecule has 1 unspecified atom stereocenters. The van der Waals surface area contributed by atoms with Crippen LogP contribution in [0.2, 0.25) is 5.02 Å². The lowest BCUT2D eigenvalue weighted by molar-refractivity contribution is -0.132. The fraction of sp³-hybridized carbons (Fsp3) is 0.346. The van der Waals surface area contributed by atoms with E-state index in [0.717, 1.165) is 49.5 Å². The van der Waals surface area contributed by atoms with Crippen molar-refractivity contribution in [2.45, 2.75) is 38.0 Å². The van der Waals surface area contributed by atoms with Crippen molar-refractivity contribution in [1.29, 1.82) is 0 Å². The first-order chi connectivity index (χ1) is 15.2. The molecular weight excluding hydrogens is 406 g/mol.